The minimum Gasteiger partial charge on any atom is -0.504 e. The van der Waals surface area contributed by atoms with Crippen LogP contribution in [0.25, 0.3) is 11.8 Å². The second-order valence-electron chi connectivity index (χ2n) is 4.78. The monoisotopic (exact) mass is 293 g/mol. The molecule has 0 spiro atoms. The maximum absolute atomic E-state index is 9.93. The minimum absolute atomic E-state index is 0.00907. The Labute approximate surface area is 127 Å². The van der Waals surface area contributed by atoms with Gasteiger partial charge in [0, 0.05) is 11.8 Å². The lowest BCUT2D eigenvalue weighted by molar-refractivity contribution is 0.508. The van der Waals surface area contributed by atoms with Gasteiger partial charge in [0.05, 0.1) is 5.69 Å². The lowest BCUT2D eigenvalue weighted by atomic mass is 10.1. The number of rotatable bonds is 5. The van der Waals surface area contributed by atoms with Crippen LogP contribution in [0.2, 0.25) is 0 Å². The van der Waals surface area contributed by atoms with Crippen molar-refractivity contribution in [2.24, 2.45) is 0 Å². The Kier molecular flexibility index (Phi) is 4.20. The van der Waals surface area contributed by atoms with Crippen LogP contribution in [0.3, 0.4) is 0 Å². The molecule has 0 aliphatic heterocycles. The third-order valence-electron chi connectivity index (χ3n) is 3.20. The number of aromatic nitrogens is 5. The van der Waals surface area contributed by atoms with Crippen molar-refractivity contribution in [2.45, 2.75) is 12.8 Å². The van der Waals surface area contributed by atoms with Crippen LogP contribution >= 0.6 is 0 Å². The van der Waals surface area contributed by atoms with Crippen LogP contribution in [0.15, 0.2) is 49.1 Å². The zero-order valence-electron chi connectivity index (χ0n) is 11.8. The lowest BCUT2D eigenvalue weighted by Crippen LogP contribution is -1.97. The summed E-state index contributed by atoms with van der Waals surface area (Å²) in [4.78, 5) is 12.3. The number of aliphatic hydroxyl groups excluding tert-OH is 1. The van der Waals surface area contributed by atoms with Crippen molar-refractivity contribution in [2.75, 3.05) is 0 Å². The molecule has 6 heteroatoms. The predicted molar refractivity (Wildman–Crippen MR) is 82.8 cm³/mol. The number of hydrogen-bond acceptors (Lipinski definition) is 5. The molecule has 0 fully saturated rings. The van der Waals surface area contributed by atoms with Gasteiger partial charge in [-0.2, -0.15) is 5.10 Å². The van der Waals surface area contributed by atoms with Crippen LogP contribution < -0.4 is 0 Å². The van der Waals surface area contributed by atoms with Gasteiger partial charge in [-0.25, -0.2) is 15.0 Å². The van der Waals surface area contributed by atoms with Gasteiger partial charge in [0.15, 0.2) is 11.6 Å². The largest absolute Gasteiger partial charge is 0.504 e. The minimum atomic E-state index is -0.00907. The highest BCUT2D eigenvalue weighted by Gasteiger charge is 2.04. The molecule has 1 aromatic carbocycles. The molecule has 0 amide bonds. The standard InChI is InChI=1S/C16H15N5O/c22-15(16-19-11-20-21-16)9-14-8-13(17-10-18-14)7-6-12-4-2-1-3-5-12/h1-5,8-11,22H,6-7H2,(H,19,20,21)/b15-9+. The number of hydrogen-bond donors (Lipinski definition) is 2. The first-order chi connectivity index (χ1) is 10.8. The molecule has 2 aromatic heterocycles. The van der Waals surface area contributed by atoms with Crippen LogP contribution in [-0.2, 0) is 12.8 Å². The molecule has 0 unspecified atom stereocenters. The Morgan fingerprint density at radius 1 is 1.05 bits per heavy atom. The van der Waals surface area contributed by atoms with E-state index in [0.717, 1.165) is 18.5 Å². The number of nitrogens with one attached hydrogen (secondary N) is 1. The van der Waals surface area contributed by atoms with Gasteiger partial charge in [-0.15, -0.1) is 0 Å². The Bertz CT molecular complexity index is 753. The van der Waals surface area contributed by atoms with Gasteiger partial charge < -0.3 is 5.11 Å². The number of benzene rings is 1. The van der Waals surface area contributed by atoms with E-state index in [1.165, 1.54) is 24.3 Å². The predicted octanol–water partition coefficient (Wildman–Crippen LogP) is 2.44. The van der Waals surface area contributed by atoms with Gasteiger partial charge in [-0.1, -0.05) is 30.3 Å². The van der Waals surface area contributed by atoms with E-state index in [1.54, 1.807) is 0 Å². The van der Waals surface area contributed by atoms with E-state index >= 15 is 0 Å². The maximum atomic E-state index is 9.93. The number of aliphatic hydroxyl groups is 1. The van der Waals surface area contributed by atoms with E-state index in [2.05, 4.69) is 37.3 Å². The maximum Gasteiger partial charge on any atom is 0.190 e. The van der Waals surface area contributed by atoms with Gasteiger partial charge in [-0.05, 0) is 24.5 Å². The average molecular weight is 293 g/mol. The first-order valence-corrected chi connectivity index (χ1v) is 6.92. The lowest BCUT2D eigenvalue weighted by Gasteiger charge is -2.02. The third kappa shape index (κ3) is 3.54. The van der Waals surface area contributed by atoms with E-state index in [0.29, 0.717) is 11.5 Å². The second kappa shape index (κ2) is 6.62. The Hall–Kier alpha value is -3.02. The van der Waals surface area contributed by atoms with Gasteiger partial charge in [0.2, 0.25) is 0 Å². The Balaban J connectivity index is 1.71. The summed E-state index contributed by atoms with van der Waals surface area (Å²) in [5.41, 5.74) is 2.82. The summed E-state index contributed by atoms with van der Waals surface area (Å²) in [6.45, 7) is 0. The first kappa shape index (κ1) is 13.9. The van der Waals surface area contributed by atoms with E-state index in [1.807, 2.05) is 24.3 Å². The fourth-order valence-electron chi connectivity index (χ4n) is 2.08. The topological polar surface area (TPSA) is 87.6 Å². The Morgan fingerprint density at radius 3 is 2.68 bits per heavy atom. The van der Waals surface area contributed by atoms with E-state index in [9.17, 15) is 5.11 Å². The molecule has 3 aromatic rings. The molecule has 0 aliphatic carbocycles. The highest BCUT2D eigenvalue weighted by molar-refractivity contribution is 5.71. The summed E-state index contributed by atoms with van der Waals surface area (Å²) >= 11 is 0. The molecule has 0 aliphatic rings. The van der Waals surface area contributed by atoms with Crippen LogP contribution in [0.4, 0.5) is 0 Å². The van der Waals surface area contributed by atoms with Gasteiger partial charge >= 0.3 is 0 Å². The molecule has 2 heterocycles. The fraction of sp³-hybridized carbons (Fsp3) is 0.125. The summed E-state index contributed by atoms with van der Waals surface area (Å²) in [6.07, 6.45) is 6.10. The zero-order valence-corrected chi connectivity index (χ0v) is 11.8. The highest BCUT2D eigenvalue weighted by atomic mass is 16.3. The molecule has 0 saturated heterocycles. The molecule has 2 N–H and O–H groups in total. The van der Waals surface area contributed by atoms with Gasteiger partial charge in [0.25, 0.3) is 0 Å². The SMILES string of the molecule is O/C(=C/c1cc(CCc2ccccc2)ncn1)c1ncn[nH]1. The van der Waals surface area contributed by atoms with Crippen molar-refractivity contribution in [3.63, 3.8) is 0 Å². The van der Waals surface area contributed by atoms with Crippen LogP contribution in [-0.4, -0.2) is 30.3 Å². The van der Waals surface area contributed by atoms with Gasteiger partial charge in [0.1, 0.15) is 12.7 Å². The average Bonchev–Trinajstić information content (AvgIpc) is 3.09. The van der Waals surface area contributed by atoms with Crippen molar-refractivity contribution in [3.8, 4) is 0 Å². The summed E-state index contributed by atoms with van der Waals surface area (Å²) in [5, 5.41) is 16.2. The number of aryl methyl sites for hydroxylation is 2. The van der Waals surface area contributed by atoms with E-state index in [4.69, 9.17) is 0 Å². The molecule has 6 nitrogen and oxygen atoms in total. The first-order valence-electron chi connectivity index (χ1n) is 6.92. The number of nitrogens with zero attached hydrogens (tertiary/aromatic N) is 4. The zero-order chi connectivity index (χ0) is 15.2. The molecule has 0 bridgehead atoms. The quantitative estimate of drug-likeness (QED) is 0.705. The smallest absolute Gasteiger partial charge is 0.190 e. The molecule has 110 valence electrons. The molecular weight excluding hydrogens is 278 g/mol. The molecule has 3 rings (SSSR count). The van der Waals surface area contributed by atoms with Crippen molar-refractivity contribution >= 4 is 11.8 Å². The van der Waals surface area contributed by atoms with Crippen molar-refractivity contribution in [3.05, 3.63) is 71.8 Å². The summed E-state index contributed by atoms with van der Waals surface area (Å²) in [6, 6.07) is 12.1. The Morgan fingerprint density at radius 2 is 1.91 bits per heavy atom. The number of aromatic amines is 1. The van der Waals surface area contributed by atoms with E-state index in [-0.39, 0.29) is 5.76 Å². The van der Waals surface area contributed by atoms with Crippen LogP contribution in [0.1, 0.15) is 22.8 Å². The van der Waals surface area contributed by atoms with Gasteiger partial charge in [-0.3, -0.25) is 5.10 Å². The summed E-state index contributed by atoms with van der Waals surface area (Å²) in [5.74, 6) is 0.301. The van der Waals surface area contributed by atoms with Crippen LogP contribution in [0.5, 0.6) is 0 Å². The highest BCUT2D eigenvalue weighted by Crippen LogP contribution is 2.11. The molecular formula is C16H15N5O. The molecule has 22 heavy (non-hydrogen) atoms. The van der Waals surface area contributed by atoms with E-state index < -0.39 is 0 Å². The summed E-state index contributed by atoms with van der Waals surface area (Å²) < 4.78 is 0. The summed E-state index contributed by atoms with van der Waals surface area (Å²) in [7, 11) is 0. The molecule has 0 radical (unpaired) electrons. The fourth-order valence-corrected chi connectivity index (χ4v) is 2.08. The van der Waals surface area contributed by atoms with Crippen LogP contribution in [0, 0.1) is 0 Å². The third-order valence-corrected chi connectivity index (χ3v) is 3.20. The molecule has 0 atom stereocenters. The molecule has 0 saturated carbocycles. The van der Waals surface area contributed by atoms with Crippen molar-refractivity contribution < 1.29 is 5.11 Å². The van der Waals surface area contributed by atoms with Crippen molar-refractivity contribution in [1.29, 1.82) is 0 Å². The normalized spacial score (nSPS) is 11.5. The second-order valence-corrected chi connectivity index (χ2v) is 4.78. The number of H-pyrrole nitrogens is 1. The van der Waals surface area contributed by atoms with Crippen molar-refractivity contribution in [1.82, 2.24) is 25.1 Å².